The maximum absolute atomic E-state index is 12.0. The molecule has 0 fully saturated rings. The summed E-state index contributed by atoms with van der Waals surface area (Å²) < 4.78 is 26.9. The monoisotopic (exact) mass is 380 g/mol. The molecule has 2 aromatic rings. The standard InChI is InChI=1S/C17H24N4O2S2/c1-2-18-17(19-11-10-15-7-4-3-5-8-15)20-12-13-21-25(22,23)16-9-6-14-24-16/h3-9,14,21H,2,10-13H2,1H3,(H2,18,19,20). The van der Waals surface area contributed by atoms with Crippen molar-refractivity contribution in [3.8, 4) is 0 Å². The van der Waals surface area contributed by atoms with Gasteiger partial charge in [-0.15, -0.1) is 11.3 Å². The fourth-order valence-corrected chi connectivity index (χ4v) is 4.21. The second-order valence-corrected chi connectivity index (χ2v) is 8.19. The van der Waals surface area contributed by atoms with Crippen LogP contribution in [0, 0.1) is 0 Å². The van der Waals surface area contributed by atoms with Crippen LogP contribution in [0.15, 0.2) is 57.0 Å². The summed E-state index contributed by atoms with van der Waals surface area (Å²) in [5.74, 6) is 0.689. The van der Waals surface area contributed by atoms with Gasteiger partial charge in [0.1, 0.15) is 4.21 Å². The topological polar surface area (TPSA) is 82.6 Å². The summed E-state index contributed by atoms with van der Waals surface area (Å²) in [7, 11) is -3.42. The predicted molar refractivity (Wildman–Crippen MR) is 104 cm³/mol. The zero-order valence-corrected chi connectivity index (χ0v) is 15.9. The number of sulfonamides is 1. The summed E-state index contributed by atoms with van der Waals surface area (Å²) >= 11 is 1.20. The van der Waals surface area contributed by atoms with Gasteiger partial charge in [0.05, 0.1) is 6.54 Å². The third-order valence-corrected chi connectivity index (χ3v) is 6.19. The average Bonchev–Trinajstić information content (AvgIpc) is 3.15. The smallest absolute Gasteiger partial charge is 0.250 e. The van der Waals surface area contributed by atoms with Gasteiger partial charge in [-0.25, -0.2) is 13.1 Å². The fraction of sp³-hybridized carbons (Fsp3) is 0.353. The summed E-state index contributed by atoms with van der Waals surface area (Å²) in [6.45, 7) is 4.13. The van der Waals surface area contributed by atoms with Crippen molar-refractivity contribution < 1.29 is 8.42 Å². The lowest BCUT2D eigenvalue weighted by Gasteiger charge is -2.11. The molecule has 0 radical (unpaired) electrons. The van der Waals surface area contributed by atoms with Crippen LogP contribution in [0.2, 0.25) is 0 Å². The van der Waals surface area contributed by atoms with E-state index in [0.717, 1.165) is 19.5 Å². The number of nitrogens with one attached hydrogen (secondary N) is 3. The fourth-order valence-electron chi connectivity index (χ4n) is 2.15. The molecular weight excluding hydrogens is 356 g/mol. The Bertz CT molecular complexity index is 744. The third kappa shape index (κ3) is 6.85. The molecule has 6 nitrogen and oxygen atoms in total. The van der Waals surface area contributed by atoms with Gasteiger partial charge in [0.15, 0.2) is 5.96 Å². The Hall–Kier alpha value is -1.90. The van der Waals surface area contributed by atoms with E-state index in [2.05, 4.69) is 32.5 Å². The first-order chi connectivity index (χ1) is 12.1. The lowest BCUT2D eigenvalue weighted by molar-refractivity contribution is 0.584. The molecule has 0 aliphatic heterocycles. The highest BCUT2D eigenvalue weighted by Crippen LogP contribution is 2.14. The molecule has 1 aromatic carbocycles. The van der Waals surface area contributed by atoms with E-state index in [-0.39, 0.29) is 6.54 Å². The van der Waals surface area contributed by atoms with Crippen molar-refractivity contribution in [1.29, 1.82) is 0 Å². The quantitative estimate of drug-likeness (QED) is 0.352. The molecule has 0 amide bonds. The van der Waals surface area contributed by atoms with Crippen molar-refractivity contribution in [3.05, 3.63) is 53.4 Å². The summed E-state index contributed by atoms with van der Waals surface area (Å²) in [6.07, 6.45) is 0.899. The van der Waals surface area contributed by atoms with Crippen molar-refractivity contribution >= 4 is 27.3 Å². The van der Waals surface area contributed by atoms with Crippen LogP contribution in [0.3, 0.4) is 0 Å². The zero-order chi connectivity index (χ0) is 18.0. The van der Waals surface area contributed by atoms with Gasteiger partial charge in [0.2, 0.25) is 10.0 Å². The Morgan fingerprint density at radius 3 is 2.56 bits per heavy atom. The van der Waals surface area contributed by atoms with E-state index in [4.69, 9.17) is 0 Å². The Kier molecular flexibility index (Phi) is 7.90. The van der Waals surface area contributed by atoms with Crippen LogP contribution < -0.4 is 15.4 Å². The largest absolute Gasteiger partial charge is 0.357 e. The Morgan fingerprint density at radius 1 is 1.08 bits per heavy atom. The molecule has 0 atom stereocenters. The highest BCUT2D eigenvalue weighted by Gasteiger charge is 2.13. The van der Waals surface area contributed by atoms with Crippen molar-refractivity contribution in [2.75, 3.05) is 26.2 Å². The molecule has 0 saturated carbocycles. The van der Waals surface area contributed by atoms with E-state index in [9.17, 15) is 8.42 Å². The highest BCUT2D eigenvalue weighted by molar-refractivity contribution is 7.91. The van der Waals surface area contributed by atoms with Gasteiger partial charge in [0.25, 0.3) is 0 Å². The minimum atomic E-state index is -3.42. The number of benzene rings is 1. The lowest BCUT2D eigenvalue weighted by atomic mass is 10.1. The van der Waals surface area contributed by atoms with Crippen LogP contribution in [-0.2, 0) is 16.4 Å². The van der Waals surface area contributed by atoms with Gasteiger partial charge in [-0.3, -0.25) is 4.99 Å². The molecule has 2 rings (SSSR count). The molecule has 0 unspecified atom stereocenters. The van der Waals surface area contributed by atoms with Gasteiger partial charge < -0.3 is 10.6 Å². The molecule has 25 heavy (non-hydrogen) atoms. The van der Waals surface area contributed by atoms with Crippen LogP contribution in [0.1, 0.15) is 12.5 Å². The lowest BCUT2D eigenvalue weighted by Crippen LogP contribution is -2.39. The van der Waals surface area contributed by atoms with E-state index < -0.39 is 10.0 Å². The van der Waals surface area contributed by atoms with Crippen molar-refractivity contribution in [1.82, 2.24) is 15.4 Å². The molecule has 0 saturated heterocycles. The van der Waals surface area contributed by atoms with E-state index >= 15 is 0 Å². The number of thiophene rings is 1. The van der Waals surface area contributed by atoms with Crippen molar-refractivity contribution in [2.45, 2.75) is 17.6 Å². The van der Waals surface area contributed by atoms with E-state index in [1.807, 2.05) is 25.1 Å². The molecule has 0 aliphatic rings. The van der Waals surface area contributed by atoms with Gasteiger partial charge in [-0.2, -0.15) is 0 Å². The minimum absolute atomic E-state index is 0.259. The SMILES string of the molecule is CCNC(=NCCNS(=O)(=O)c1cccs1)NCCc1ccccc1. The van der Waals surface area contributed by atoms with E-state index in [1.54, 1.807) is 17.5 Å². The second kappa shape index (κ2) is 10.2. The summed E-state index contributed by atoms with van der Waals surface area (Å²) in [6, 6.07) is 13.5. The third-order valence-electron chi connectivity index (χ3n) is 3.33. The molecule has 0 spiro atoms. The van der Waals surface area contributed by atoms with Gasteiger partial charge in [0, 0.05) is 19.6 Å². The normalized spacial score (nSPS) is 12.1. The Morgan fingerprint density at radius 2 is 1.88 bits per heavy atom. The minimum Gasteiger partial charge on any atom is -0.357 e. The van der Waals surface area contributed by atoms with Crippen LogP contribution in [-0.4, -0.2) is 40.6 Å². The first-order valence-corrected chi connectivity index (χ1v) is 10.6. The molecule has 0 aliphatic carbocycles. The molecule has 8 heteroatoms. The Balaban J connectivity index is 1.77. The van der Waals surface area contributed by atoms with Crippen LogP contribution in [0.5, 0.6) is 0 Å². The molecule has 1 heterocycles. The number of aliphatic imine (C=N–C) groups is 1. The first-order valence-electron chi connectivity index (χ1n) is 8.21. The predicted octanol–water partition coefficient (Wildman–Crippen LogP) is 1.82. The maximum Gasteiger partial charge on any atom is 0.250 e. The highest BCUT2D eigenvalue weighted by atomic mass is 32.2. The summed E-state index contributed by atoms with van der Waals surface area (Å²) in [4.78, 5) is 4.40. The second-order valence-electron chi connectivity index (χ2n) is 5.25. The number of hydrogen-bond donors (Lipinski definition) is 3. The molecule has 0 bridgehead atoms. The number of nitrogens with zero attached hydrogens (tertiary/aromatic N) is 1. The van der Waals surface area contributed by atoms with Crippen LogP contribution >= 0.6 is 11.3 Å². The van der Waals surface area contributed by atoms with Crippen LogP contribution in [0.4, 0.5) is 0 Å². The Labute approximate surface area is 153 Å². The zero-order valence-electron chi connectivity index (χ0n) is 14.2. The number of hydrogen-bond acceptors (Lipinski definition) is 4. The van der Waals surface area contributed by atoms with Crippen molar-refractivity contribution in [2.24, 2.45) is 4.99 Å². The number of guanidine groups is 1. The van der Waals surface area contributed by atoms with E-state index in [0.29, 0.717) is 16.7 Å². The first kappa shape index (κ1) is 19.4. The molecular formula is C17H24N4O2S2. The maximum atomic E-state index is 12.0. The van der Waals surface area contributed by atoms with Gasteiger partial charge in [-0.1, -0.05) is 36.4 Å². The van der Waals surface area contributed by atoms with E-state index in [1.165, 1.54) is 16.9 Å². The van der Waals surface area contributed by atoms with Crippen LogP contribution in [0.25, 0.3) is 0 Å². The number of rotatable bonds is 9. The van der Waals surface area contributed by atoms with Crippen molar-refractivity contribution in [3.63, 3.8) is 0 Å². The van der Waals surface area contributed by atoms with Gasteiger partial charge >= 0.3 is 0 Å². The molecule has 3 N–H and O–H groups in total. The molecule has 1 aromatic heterocycles. The summed E-state index contributed by atoms with van der Waals surface area (Å²) in [5.41, 5.74) is 1.26. The average molecular weight is 381 g/mol. The summed E-state index contributed by atoms with van der Waals surface area (Å²) in [5, 5.41) is 8.16. The van der Waals surface area contributed by atoms with Gasteiger partial charge in [-0.05, 0) is 30.4 Å². The molecule has 136 valence electrons.